The Kier molecular flexibility index (Phi) is 10.9. The maximum absolute atomic E-state index is 13.6. The summed E-state index contributed by atoms with van der Waals surface area (Å²) in [4.78, 5) is 5.02. The van der Waals surface area contributed by atoms with Crippen molar-refractivity contribution >= 4 is 33.2 Å². The molecule has 0 radical (unpaired) electrons. The van der Waals surface area contributed by atoms with Crippen LogP contribution < -0.4 is 25.2 Å². The van der Waals surface area contributed by atoms with E-state index in [0.717, 1.165) is 63.4 Å². The summed E-state index contributed by atoms with van der Waals surface area (Å²) in [5.41, 5.74) is 7.34. The summed E-state index contributed by atoms with van der Waals surface area (Å²) in [6.07, 6.45) is 8.80. The van der Waals surface area contributed by atoms with Gasteiger partial charge in [-0.2, -0.15) is 0 Å². The van der Waals surface area contributed by atoms with E-state index in [4.69, 9.17) is 4.74 Å². The lowest BCUT2D eigenvalue weighted by Gasteiger charge is -2.36. The highest BCUT2D eigenvalue weighted by atomic mass is 19.1. The number of rotatable bonds is 9. The summed E-state index contributed by atoms with van der Waals surface area (Å²) < 4.78 is 23.4. The SMILES string of the molecule is COc1cccc(CN(c2ccc3c(ccn3C)c2)C2CCNCC2)c1.Cn1ccc2cc(N(Cc3cccc(F)c3)C3CCNCC3)ccc21. The molecule has 0 unspecified atom stereocenters. The van der Waals surface area contributed by atoms with Crippen LogP contribution in [0.3, 0.4) is 0 Å². The molecule has 2 N–H and O–H groups in total. The van der Waals surface area contributed by atoms with Gasteiger partial charge in [-0.1, -0.05) is 24.3 Å². The third-order valence-electron chi connectivity index (χ3n) is 10.6. The van der Waals surface area contributed by atoms with Crippen LogP contribution in [-0.2, 0) is 27.2 Å². The van der Waals surface area contributed by atoms with Gasteiger partial charge in [0, 0.05) is 84.8 Å². The molecule has 0 saturated carbocycles. The average Bonchev–Trinajstić information content (AvgIpc) is 3.74. The number of hydrogen-bond donors (Lipinski definition) is 2. The fourth-order valence-corrected chi connectivity index (χ4v) is 7.79. The van der Waals surface area contributed by atoms with Crippen LogP contribution in [-0.4, -0.2) is 54.5 Å². The summed E-state index contributed by atoms with van der Waals surface area (Å²) in [6, 6.07) is 34.3. The number of hydrogen-bond acceptors (Lipinski definition) is 5. The molecule has 2 saturated heterocycles. The molecule has 4 aromatic carbocycles. The maximum atomic E-state index is 13.6. The van der Waals surface area contributed by atoms with Gasteiger partial charge in [0.15, 0.2) is 0 Å². The van der Waals surface area contributed by atoms with Crippen LogP contribution in [0.4, 0.5) is 15.8 Å². The molecule has 266 valence electrons. The second-order valence-corrected chi connectivity index (χ2v) is 14.0. The zero-order chi connectivity index (χ0) is 35.2. The Balaban J connectivity index is 0.000000159. The number of methoxy groups -OCH3 is 1. The lowest BCUT2D eigenvalue weighted by molar-refractivity contribution is 0.412. The Morgan fingerprint density at radius 2 is 1.12 bits per heavy atom. The topological polar surface area (TPSA) is 49.6 Å². The summed E-state index contributed by atoms with van der Waals surface area (Å²) >= 11 is 0. The molecule has 0 bridgehead atoms. The molecule has 0 amide bonds. The first-order chi connectivity index (χ1) is 24.9. The number of benzene rings is 4. The molecule has 2 aliphatic rings. The number of aryl methyl sites for hydroxylation is 2. The molecule has 8 heteroatoms. The number of piperidine rings is 2. The van der Waals surface area contributed by atoms with Crippen LogP contribution in [0.5, 0.6) is 5.75 Å². The van der Waals surface area contributed by atoms with E-state index in [0.29, 0.717) is 12.1 Å². The minimum absolute atomic E-state index is 0.165. The third-order valence-corrected chi connectivity index (χ3v) is 10.6. The molecular formula is C43H51FN6O. The normalized spacial score (nSPS) is 15.5. The maximum Gasteiger partial charge on any atom is 0.123 e. The molecule has 8 rings (SSSR count). The molecule has 7 nitrogen and oxygen atoms in total. The Morgan fingerprint density at radius 3 is 1.61 bits per heavy atom. The first-order valence-electron chi connectivity index (χ1n) is 18.4. The molecule has 6 aromatic rings. The predicted molar refractivity (Wildman–Crippen MR) is 209 cm³/mol. The van der Waals surface area contributed by atoms with Gasteiger partial charge in [-0.3, -0.25) is 0 Å². The molecule has 0 atom stereocenters. The van der Waals surface area contributed by atoms with E-state index in [9.17, 15) is 4.39 Å². The van der Waals surface area contributed by atoms with Crippen molar-refractivity contribution in [1.29, 1.82) is 0 Å². The number of aromatic nitrogens is 2. The van der Waals surface area contributed by atoms with Crippen molar-refractivity contribution in [3.63, 3.8) is 0 Å². The van der Waals surface area contributed by atoms with Gasteiger partial charge >= 0.3 is 0 Å². The fraction of sp³-hybridized carbons (Fsp3) is 0.349. The van der Waals surface area contributed by atoms with Crippen molar-refractivity contribution in [3.8, 4) is 5.75 Å². The van der Waals surface area contributed by atoms with Gasteiger partial charge in [0.25, 0.3) is 0 Å². The van der Waals surface area contributed by atoms with Gasteiger partial charge in [-0.25, -0.2) is 4.39 Å². The molecule has 51 heavy (non-hydrogen) atoms. The number of ether oxygens (including phenoxy) is 1. The standard InChI is InChI=1S/C22H27N3O.C21H24FN3/c1-24-13-10-18-15-20(6-7-22(18)24)25(19-8-11-23-12-9-19)16-17-4-3-5-21(14-17)26-2;1-24-12-9-17-14-20(5-6-21(17)24)25(19-7-10-23-11-8-19)15-16-3-2-4-18(22)13-16/h3-7,10,13-15,19,23H,8-9,11-12,16H2,1-2H3;2-6,9,12-14,19,23H,7-8,10-11,15H2,1H3. The Bertz CT molecular complexity index is 2040. The molecular weight excluding hydrogens is 636 g/mol. The predicted octanol–water partition coefficient (Wildman–Crippen LogP) is 8.02. The van der Waals surface area contributed by atoms with Gasteiger partial charge in [-0.15, -0.1) is 0 Å². The highest BCUT2D eigenvalue weighted by molar-refractivity contribution is 5.85. The third kappa shape index (κ3) is 8.24. The van der Waals surface area contributed by atoms with Crippen molar-refractivity contribution in [1.82, 2.24) is 19.8 Å². The van der Waals surface area contributed by atoms with Gasteiger partial charge in [0.2, 0.25) is 0 Å². The minimum Gasteiger partial charge on any atom is -0.497 e. The summed E-state index contributed by atoms with van der Waals surface area (Å²) in [5, 5.41) is 9.47. The van der Waals surface area contributed by atoms with E-state index in [1.807, 2.05) is 12.1 Å². The number of halogens is 1. The lowest BCUT2D eigenvalue weighted by Crippen LogP contribution is -2.43. The van der Waals surface area contributed by atoms with Crippen LogP contribution in [0.25, 0.3) is 21.8 Å². The largest absolute Gasteiger partial charge is 0.497 e. The number of nitrogens with zero attached hydrogens (tertiary/aromatic N) is 4. The summed E-state index contributed by atoms with van der Waals surface area (Å²) in [5.74, 6) is 0.757. The highest BCUT2D eigenvalue weighted by Crippen LogP contribution is 2.30. The van der Waals surface area contributed by atoms with Crippen LogP contribution in [0.15, 0.2) is 109 Å². The molecule has 0 aliphatic carbocycles. The van der Waals surface area contributed by atoms with Crippen molar-refractivity contribution in [2.24, 2.45) is 14.1 Å². The average molecular weight is 687 g/mol. The molecule has 2 aromatic heterocycles. The Morgan fingerprint density at radius 1 is 0.627 bits per heavy atom. The van der Waals surface area contributed by atoms with Gasteiger partial charge in [-0.05, 0) is 136 Å². The second kappa shape index (κ2) is 16.0. The summed E-state index contributed by atoms with van der Waals surface area (Å²) in [7, 11) is 5.90. The summed E-state index contributed by atoms with van der Waals surface area (Å²) in [6.45, 7) is 5.90. The van der Waals surface area contributed by atoms with E-state index in [1.54, 1.807) is 19.2 Å². The van der Waals surface area contributed by atoms with E-state index >= 15 is 0 Å². The molecule has 2 fully saturated rings. The quantitative estimate of drug-likeness (QED) is 0.161. The first kappa shape index (κ1) is 34.6. The van der Waals surface area contributed by atoms with Gasteiger partial charge in [0.1, 0.15) is 11.6 Å². The number of anilines is 2. The van der Waals surface area contributed by atoms with E-state index in [-0.39, 0.29) is 5.82 Å². The smallest absolute Gasteiger partial charge is 0.123 e. The van der Waals surface area contributed by atoms with Gasteiger partial charge in [0.05, 0.1) is 7.11 Å². The first-order valence-corrected chi connectivity index (χ1v) is 18.4. The zero-order valence-electron chi connectivity index (χ0n) is 30.2. The van der Waals surface area contributed by atoms with Crippen molar-refractivity contribution in [2.75, 3.05) is 43.1 Å². The van der Waals surface area contributed by atoms with Crippen LogP contribution in [0.2, 0.25) is 0 Å². The fourth-order valence-electron chi connectivity index (χ4n) is 7.79. The van der Waals surface area contributed by atoms with Crippen molar-refractivity contribution in [3.05, 3.63) is 126 Å². The minimum atomic E-state index is -0.165. The van der Waals surface area contributed by atoms with E-state index in [1.165, 1.54) is 57.7 Å². The Labute approximate surface area is 301 Å². The van der Waals surface area contributed by atoms with Gasteiger partial charge < -0.3 is 34.3 Å². The zero-order valence-corrected chi connectivity index (χ0v) is 30.2. The van der Waals surface area contributed by atoms with E-state index < -0.39 is 0 Å². The molecule has 2 aliphatic heterocycles. The van der Waals surface area contributed by atoms with Crippen LogP contribution in [0, 0.1) is 5.82 Å². The number of nitrogens with one attached hydrogen (secondary N) is 2. The second-order valence-electron chi connectivity index (χ2n) is 14.0. The molecule has 4 heterocycles. The van der Waals surface area contributed by atoms with Crippen LogP contribution in [0.1, 0.15) is 36.8 Å². The highest BCUT2D eigenvalue weighted by Gasteiger charge is 2.23. The van der Waals surface area contributed by atoms with E-state index in [2.05, 4.69) is 123 Å². The van der Waals surface area contributed by atoms with Crippen LogP contribution >= 0.6 is 0 Å². The lowest BCUT2D eigenvalue weighted by atomic mass is 10.0. The Hall–Kier alpha value is -4.79. The monoisotopic (exact) mass is 686 g/mol. The van der Waals surface area contributed by atoms with Crippen molar-refractivity contribution in [2.45, 2.75) is 50.9 Å². The molecule has 0 spiro atoms. The number of fused-ring (bicyclic) bond motifs is 2. The van der Waals surface area contributed by atoms with Crippen molar-refractivity contribution < 1.29 is 9.13 Å².